The van der Waals surface area contributed by atoms with Gasteiger partial charge in [0.05, 0.1) is 13.2 Å². The van der Waals surface area contributed by atoms with Gasteiger partial charge in [0.25, 0.3) is 0 Å². The Morgan fingerprint density at radius 3 is 2.87 bits per heavy atom. The van der Waals surface area contributed by atoms with Crippen LogP contribution in [-0.2, 0) is 6.54 Å². The number of methoxy groups -OCH3 is 1. The molecule has 4 nitrogen and oxygen atoms in total. The van der Waals surface area contributed by atoms with Gasteiger partial charge in [0.2, 0.25) is 5.88 Å². The molecule has 0 amide bonds. The van der Waals surface area contributed by atoms with Crippen LogP contribution in [0.25, 0.3) is 0 Å². The molecule has 1 fully saturated rings. The summed E-state index contributed by atoms with van der Waals surface area (Å²) in [7, 11) is 1.55. The highest BCUT2D eigenvalue weighted by molar-refractivity contribution is 5.27. The molecule has 1 aliphatic rings. The zero-order valence-electron chi connectivity index (χ0n) is 12.7. The SMILES string of the molecule is COc1ncccc1CN1C[C@@H](O)C[C@@H]1c1ccc(F)c(F)c1. The van der Waals surface area contributed by atoms with Crippen molar-refractivity contribution in [3.05, 3.63) is 59.3 Å². The first kappa shape index (κ1) is 15.8. The number of aliphatic hydroxyl groups excluding tert-OH is 1. The molecule has 1 N–H and O–H groups in total. The van der Waals surface area contributed by atoms with Crippen LogP contribution in [0, 0.1) is 11.6 Å². The molecule has 122 valence electrons. The molecule has 1 aromatic carbocycles. The van der Waals surface area contributed by atoms with Gasteiger partial charge in [-0.1, -0.05) is 12.1 Å². The third-order valence-corrected chi connectivity index (χ3v) is 4.13. The Bertz CT molecular complexity index is 696. The lowest BCUT2D eigenvalue weighted by atomic mass is 10.0. The molecule has 0 bridgehead atoms. The van der Waals surface area contributed by atoms with Crippen molar-refractivity contribution < 1.29 is 18.6 Å². The van der Waals surface area contributed by atoms with Crippen molar-refractivity contribution in [2.45, 2.75) is 25.1 Å². The fourth-order valence-electron chi connectivity index (χ4n) is 3.07. The van der Waals surface area contributed by atoms with E-state index in [-0.39, 0.29) is 6.04 Å². The van der Waals surface area contributed by atoms with Crippen molar-refractivity contribution in [3.63, 3.8) is 0 Å². The average Bonchev–Trinajstić information content (AvgIpc) is 2.91. The molecular weight excluding hydrogens is 302 g/mol. The molecule has 0 aliphatic carbocycles. The van der Waals surface area contributed by atoms with E-state index in [1.807, 2.05) is 17.0 Å². The number of halogens is 2. The van der Waals surface area contributed by atoms with Gasteiger partial charge in [0, 0.05) is 30.9 Å². The number of likely N-dealkylation sites (tertiary alicyclic amines) is 1. The number of rotatable bonds is 4. The lowest BCUT2D eigenvalue weighted by Crippen LogP contribution is -2.24. The third kappa shape index (κ3) is 3.33. The minimum atomic E-state index is -0.872. The van der Waals surface area contributed by atoms with Crippen LogP contribution in [-0.4, -0.2) is 34.7 Å². The summed E-state index contributed by atoms with van der Waals surface area (Å²) >= 11 is 0. The standard InChI is InChI=1S/C17H18F2N2O2/c1-23-17-12(3-2-6-20-17)9-21-10-13(22)8-16(21)11-4-5-14(18)15(19)7-11/h2-7,13,16,22H,8-10H2,1H3/t13-,16+/m0/s1. The van der Waals surface area contributed by atoms with Gasteiger partial charge < -0.3 is 9.84 Å². The Morgan fingerprint density at radius 2 is 2.13 bits per heavy atom. The number of benzene rings is 1. The molecular formula is C17H18F2N2O2. The smallest absolute Gasteiger partial charge is 0.217 e. The molecule has 1 saturated heterocycles. The maximum Gasteiger partial charge on any atom is 0.217 e. The Kier molecular flexibility index (Phi) is 4.54. The molecule has 1 aliphatic heterocycles. The first-order valence-electron chi connectivity index (χ1n) is 7.43. The first-order chi connectivity index (χ1) is 11.1. The molecule has 2 heterocycles. The highest BCUT2D eigenvalue weighted by Crippen LogP contribution is 2.34. The fourth-order valence-corrected chi connectivity index (χ4v) is 3.07. The quantitative estimate of drug-likeness (QED) is 0.941. The zero-order chi connectivity index (χ0) is 16.4. The molecule has 3 rings (SSSR count). The molecule has 23 heavy (non-hydrogen) atoms. The van der Waals surface area contributed by atoms with Crippen LogP contribution < -0.4 is 4.74 Å². The molecule has 0 saturated carbocycles. The second-order valence-corrected chi connectivity index (χ2v) is 5.68. The van der Waals surface area contributed by atoms with Crippen molar-refractivity contribution in [1.29, 1.82) is 0 Å². The van der Waals surface area contributed by atoms with Gasteiger partial charge in [0.15, 0.2) is 11.6 Å². The summed E-state index contributed by atoms with van der Waals surface area (Å²) in [5, 5.41) is 10.0. The Balaban J connectivity index is 1.86. The maximum absolute atomic E-state index is 13.5. The summed E-state index contributed by atoms with van der Waals surface area (Å²) in [5.74, 6) is -1.21. The molecule has 0 unspecified atom stereocenters. The van der Waals surface area contributed by atoms with Crippen LogP contribution in [0.5, 0.6) is 5.88 Å². The van der Waals surface area contributed by atoms with Gasteiger partial charge in [-0.2, -0.15) is 0 Å². The minimum Gasteiger partial charge on any atom is -0.481 e. The minimum absolute atomic E-state index is 0.176. The van der Waals surface area contributed by atoms with E-state index in [4.69, 9.17) is 4.74 Å². The Morgan fingerprint density at radius 1 is 1.30 bits per heavy atom. The number of pyridine rings is 1. The zero-order valence-corrected chi connectivity index (χ0v) is 12.7. The number of β-amino-alcohol motifs (C(OH)–C–C–N with tert-alkyl or cyclic N) is 1. The Hall–Kier alpha value is -2.05. The first-order valence-corrected chi connectivity index (χ1v) is 7.43. The van der Waals surface area contributed by atoms with Gasteiger partial charge in [-0.25, -0.2) is 13.8 Å². The summed E-state index contributed by atoms with van der Waals surface area (Å²) in [4.78, 5) is 6.19. The van der Waals surface area contributed by atoms with E-state index in [0.717, 1.165) is 11.6 Å². The van der Waals surface area contributed by atoms with Crippen LogP contribution in [0.1, 0.15) is 23.6 Å². The van der Waals surface area contributed by atoms with E-state index in [9.17, 15) is 13.9 Å². The number of nitrogens with zero attached hydrogens (tertiary/aromatic N) is 2. The Labute approximate surface area is 133 Å². The summed E-state index contributed by atoms with van der Waals surface area (Å²) in [5.41, 5.74) is 1.54. The van der Waals surface area contributed by atoms with Crippen LogP contribution in [0.3, 0.4) is 0 Å². The van der Waals surface area contributed by atoms with Crippen molar-refractivity contribution >= 4 is 0 Å². The van der Waals surface area contributed by atoms with Crippen molar-refractivity contribution in [2.75, 3.05) is 13.7 Å². The van der Waals surface area contributed by atoms with Crippen LogP contribution in [0.2, 0.25) is 0 Å². The molecule has 6 heteroatoms. The summed E-state index contributed by atoms with van der Waals surface area (Å²) < 4.78 is 31.9. The largest absolute Gasteiger partial charge is 0.481 e. The number of ether oxygens (including phenoxy) is 1. The maximum atomic E-state index is 13.5. The lowest BCUT2D eigenvalue weighted by molar-refractivity contribution is 0.172. The van der Waals surface area contributed by atoms with Gasteiger partial charge in [-0.05, 0) is 30.2 Å². The van der Waals surface area contributed by atoms with Crippen molar-refractivity contribution in [3.8, 4) is 5.88 Å². The van der Waals surface area contributed by atoms with Crippen molar-refractivity contribution in [2.24, 2.45) is 0 Å². The predicted molar refractivity (Wildman–Crippen MR) is 80.9 cm³/mol. The molecule has 2 atom stereocenters. The molecule has 2 aromatic rings. The normalized spacial score (nSPS) is 21.6. The second kappa shape index (κ2) is 6.60. The average molecular weight is 320 g/mol. The van der Waals surface area contributed by atoms with E-state index in [1.54, 1.807) is 19.4 Å². The van der Waals surface area contributed by atoms with E-state index in [0.29, 0.717) is 31.0 Å². The number of hydrogen-bond donors (Lipinski definition) is 1. The summed E-state index contributed by atoms with van der Waals surface area (Å²) in [6, 6.07) is 7.43. The monoisotopic (exact) mass is 320 g/mol. The molecule has 0 radical (unpaired) electrons. The van der Waals surface area contributed by atoms with E-state index < -0.39 is 17.7 Å². The second-order valence-electron chi connectivity index (χ2n) is 5.68. The van der Waals surface area contributed by atoms with Gasteiger partial charge in [-0.15, -0.1) is 0 Å². The summed E-state index contributed by atoms with van der Waals surface area (Å²) in [6.07, 6.45) is 1.62. The fraction of sp³-hybridized carbons (Fsp3) is 0.353. The highest BCUT2D eigenvalue weighted by Gasteiger charge is 2.33. The summed E-state index contributed by atoms with van der Waals surface area (Å²) in [6.45, 7) is 0.972. The van der Waals surface area contributed by atoms with Gasteiger partial charge in [-0.3, -0.25) is 4.90 Å². The van der Waals surface area contributed by atoms with E-state index in [2.05, 4.69) is 4.98 Å². The van der Waals surface area contributed by atoms with Gasteiger partial charge >= 0.3 is 0 Å². The molecule has 1 aromatic heterocycles. The number of hydrogen-bond acceptors (Lipinski definition) is 4. The third-order valence-electron chi connectivity index (χ3n) is 4.13. The molecule has 0 spiro atoms. The van der Waals surface area contributed by atoms with Crippen LogP contribution in [0.15, 0.2) is 36.5 Å². The van der Waals surface area contributed by atoms with Crippen molar-refractivity contribution in [1.82, 2.24) is 9.88 Å². The predicted octanol–water partition coefficient (Wildman–Crippen LogP) is 2.68. The lowest BCUT2D eigenvalue weighted by Gasteiger charge is -2.25. The van der Waals surface area contributed by atoms with E-state index in [1.165, 1.54) is 6.07 Å². The van der Waals surface area contributed by atoms with Crippen LogP contribution >= 0.6 is 0 Å². The number of aromatic nitrogens is 1. The van der Waals surface area contributed by atoms with E-state index >= 15 is 0 Å². The van der Waals surface area contributed by atoms with Crippen LogP contribution in [0.4, 0.5) is 8.78 Å². The topological polar surface area (TPSA) is 45.6 Å². The highest BCUT2D eigenvalue weighted by atomic mass is 19.2. The van der Waals surface area contributed by atoms with Gasteiger partial charge in [0.1, 0.15) is 0 Å². The number of aliphatic hydroxyl groups is 1.